The molecule has 0 saturated carbocycles. The molecule has 0 spiro atoms. The Hall–Kier alpha value is -2.57. The summed E-state index contributed by atoms with van der Waals surface area (Å²) in [5.41, 5.74) is 0.931. The van der Waals surface area contributed by atoms with Crippen LogP contribution in [0.4, 0.5) is 4.79 Å². The minimum atomic E-state index is -1.17. The maximum Gasteiger partial charge on any atom is 0.404 e. The molecule has 7 heteroatoms. The number of likely N-dealkylation sites (N-methyl/N-ethyl adjacent to an activating group) is 1. The zero-order valence-corrected chi connectivity index (χ0v) is 14.9. The van der Waals surface area contributed by atoms with Crippen LogP contribution in [0.5, 0.6) is 0 Å². The molecule has 0 bridgehead atoms. The molecule has 1 aromatic rings. The molecule has 25 heavy (non-hydrogen) atoms. The van der Waals surface area contributed by atoms with Gasteiger partial charge in [0, 0.05) is 20.0 Å². The molecular weight excluding hydrogens is 322 g/mol. The lowest BCUT2D eigenvalue weighted by atomic mass is 9.95. The van der Waals surface area contributed by atoms with Gasteiger partial charge in [-0.2, -0.15) is 0 Å². The summed E-state index contributed by atoms with van der Waals surface area (Å²) in [5, 5.41) is 16.3. The summed E-state index contributed by atoms with van der Waals surface area (Å²) in [6, 6.07) is 8.69. The average molecular weight is 349 g/mol. The van der Waals surface area contributed by atoms with E-state index >= 15 is 0 Å². The third-order valence-corrected chi connectivity index (χ3v) is 3.79. The highest BCUT2D eigenvalue weighted by molar-refractivity contribution is 5.88. The Morgan fingerprint density at radius 2 is 1.72 bits per heavy atom. The molecule has 0 fully saturated rings. The van der Waals surface area contributed by atoms with Crippen molar-refractivity contribution in [1.82, 2.24) is 16.0 Å². The van der Waals surface area contributed by atoms with Gasteiger partial charge in [0.1, 0.15) is 6.04 Å². The molecule has 138 valence electrons. The molecule has 0 aliphatic rings. The molecule has 0 saturated heterocycles. The molecular formula is C18H27N3O4. The molecule has 4 N–H and O–H groups in total. The first-order valence-electron chi connectivity index (χ1n) is 8.36. The average Bonchev–Trinajstić information content (AvgIpc) is 2.57. The maximum atomic E-state index is 12.6. The van der Waals surface area contributed by atoms with E-state index in [0.717, 1.165) is 5.56 Å². The van der Waals surface area contributed by atoms with Gasteiger partial charge < -0.3 is 21.1 Å². The van der Waals surface area contributed by atoms with Crippen molar-refractivity contribution in [3.8, 4) is 0 Å². The van der Waals surface area contributed by atoms with Gasteiger partial charge in [0.05, 0.1) is 5.92 Å². The van der Waals surface area contributed by atoms with Crippen LogP contribution in [0.15, 0.2) is 30.3 Å². The summed E-state index contributed by atoms with van der Waals surface area (Å²) >= 11 is 0. The lowest BCUT2D eigenvalue weighted by Gasteiger charge is -2.23. The second-order valence-corrected chi connectivity index (χ2v) is 6.38. The lowest BCUT2D eigenvalue weighted by molar-refractivity contribution is -0.131. The zero-order chi connectivity index (χ0) is 18.8. The van der Waals surface area contributed by atoms with E-state index in [2.05, 4.69) is 16.0 Å². The van der Waals surface area contributed by atoms with Gasteiger partial charge in [0.15, 0.2) is 0 Å². The first kappa shape index (κ1) is 20.5. The summed E-state index contributed by atoms with van der Waals surface area (Å²) < 4.78 is 0. The summed E-state index contributed by atoms with van der Waals surface area (Å²) in [6.45, 7) is 3.94. The molecule has 7 nitrogen and oxygen atoms in total. The Bertz CT molecular complexity index is 575. The Morgan fingerprint density at radius 3 is 2.24 bits per heavy atom. The first-order chi connectivity index (χ1) is 11.8. The van der Waals surface area contributed by atoms with Crippen molar-refractivity contribution in [3.05, 3.63) is 35.9 Å². The Kier molecular flexibility index (Phi) is 8.46. The number of carbonyl (C=O) groups is 3. The largest absolute Gasteiger partial charge is 0.465 e. The smallest absolute Gasteiger partial charge is 0.404 e. The van der Waals surface area contributed by atoms with Crippen LogP contribution in [0.2, 0.25) is 0 Å². The summed E-state index contributed by atoms with van der Waals surface area (Å²) in [6.07, 6.45) is -0.279. The molecule has 3 amide bonds. The van der Waals surface area contributed by atoms with Gasteiger partial charge in [-0.3, -0.25) is 9.59 Å². The predicted octanol–water partition coefficient (Wildman–Crippen LogP) is 1.39. The standard InChI is InChI=1S/C18H27N3O4/c1-12(2)9-14(11-20-18(24)25)16(22)21-15(17(23)19-3)10-13-7-5-4-6-8-13/h4-8,12,14-15,20H,9-11H2,1-3H3,(H,19,23)(H,21,22)(H,24,25)/t14-,15+/m1/s1. The highest BCUT2D eigenvalue weighted by atomic mass is 16.4. The van der Waals surface area contributed by atoms with Crippen molar-refractivity contribution < 1.29 is 19.5 Å². The number of benzene rings is 1. The van der Waals surface area contributed by atoms with Crippen LogP contribution < -0.4 is 16.0 Å². The SMILES string of the molecule is CNC(=O)[C@H](Cc1ccccc1)NC(=O)[C@@H](CNC(=O)O)CC(C)C. The highest BCUT2D eigenvalue weighted by Gasteiger charge is 2.26. The topological polar surface area (TPSA) is 108 Å². The van der Waals surface area contributed by atoms with Crippen molar-refractivity contribution in [2.45, 2.75) is 32.7 Å². The Morgan fingerprint density at radius 1 is 1.08 bits per heavy atom. The maximum absolute atomic E-state index is 12.6. The second-order valence-electron chi connectivity index (χ2n) is 6.38. The molecule has 0 unspecified atom stereocenters. The van der Waals surface area contributed by atoms with Gasteiger partial charge in [0.2, 0.25) is 11.8 Å². The lowest BCUT2D eigenvalue weighted by Crippen LogP contribution is -2.50. The molecule has 0 aliphatic carbocycles. The van der Waals surface area contributed by atoms with E-state index in [1.54, 1.807) is 0 Å². The molecule has 1 aromatic carbocycles. The van der Waals surface area contributed by atoms with E-state index in [1.807, 2.05) is 44.2 Å². The summed E-state index contributed by atoms with van der Waals surface area (Å²) in [7, 11) is 1.52. The molecule has 0 heterocycles. The summed E-state index contributed by atoms with van der Waals surface area (Å²) in [5.74, 6) is -0.920. The molecule has 1 rings (SSSR count). The number of hydrogen-bond donors (Lipinski definition) is 4. The van der Waals surface area contributed by atoms with Crippen molar-refractivity contribution >= 4 is 17.9 Å². The van der Waals surface area contributed by atoms with E-state index < -0.39 is 18.1 Å². The number of rotatable bonds is 9. The van der Waals surface area contributed by atoms with Gasteiger partial charge >= 0.3 is 6.09 Å². The predicted molar refractivity (Wildman–Crippen MR) is 95.1 cm³/mol. The van der Waals surface area contributed by atoms with Crippen LogP contribution in [0.1, 0.15) is 25.8 Å². The monoisotopic (exact) mass is 349 g/mol. The number of nitrogens with one attached hydrogen (secondary N) is 3. The third-order valence-electron chi connectivity index (χ3n) is 3.79. The fraction of sp³-hybridized carbons (Fsp3) is 0.500. The van der Waals surface area contributed by atoms with Crippen LogP contribution in [0.25, 0.3) is 0 Å². The van der Waals surface area contributed by atoms with Crippen molar-refractivity contribution in [3.63, 3.8) is 0 Å². The van der Waals surface area contributed by atoms with Crippen LogP contribution in [-0.4, -0.2) is 42.6 Å². The molecule has 0 aliphatic heterocycles. The number of carbonyl (C=O) groups excluding carboxylic acids is 2. The van der Waals surface area contributed by atoms with E-state index in [1.165, 1.54) is 7.05 Å². The van der Waals surface area contributed by atoms with Gasteiger partial charge in [-0.25, -0.2) is 4.79 Å². The van der Waals surface area contributed by atoms with Crippen molar-refractivity contribution in [1.29, 1.82) is 0 Å². The molecule has 0 radical (unpaired) electrons. The number of carboxylic acid groups (broad SMARTS) is 1. The number of hydrogen-bond acceptors (Lipinski definition) is 3. The third kappa shape index (κ3) is 7.69. The van der Waals surface area contributed by atoms with Crippen LogP contribution in [0, 0.1) is 11.8 Å². The Labute approximate surface area is 148 Å². The van der Waals surface area contributed by atoms with Gasteiger partial charge in [-0.05, 0) is 17.9 Å². The van der Waals surface area contributed by atoms with E-state index in [9.17, 15) is 14.4 Å². The normalized spacial score (nSPS) is 13.0. The molecule has 2 atom stereocenters. The van der Waals surface area contributed by atoms with Crippen LogP contribution in [-0.2, 0) is 16.0 Å². The Balaban J connectivity index is 2.82. The minimum absolute atomic E-state index is 0.0190. The van der Waals surface area contributed by atoms with Gasteiger partial charge in [-0.1, -0.05) is 44.2 Å². The van der Waals surface area contributed by atoms with Crippen LogP contribution >= 0.6 is 0 Å². The number of amides is 3. The van der Waals surface area contributed by atoms with Gasteiger partial charge in [-0.15, -0.1) is 0 Å². The quantitative estimate of drug-likeness (QED) is 0.540. The highest BCUT2D eigenvalue weighted by Crippen LogP contribution is 2.12. The van der Waals surface area contributed by atoms with Crippen molar-refractivity contribution in [2.75, 3.05) is 13.6 Å². The minimum Gasteiger partial charge on any atom is -0.465 e. The molecule has 0 aromatic heterocycles. The second kappa shape index (κ2) is 10.3. The van der Waals surface area contributed by atoms with E-state index in [0.29, 0.717) is 12.8 Å². The van der Waals surface area contributed by atoms with Crippen LogP contribution in [0.3, 0.4) is 0 Å². The zero-order valence-electron chi connectivity index (χ0n) is 14.9. The van der Waals surface area contributed by atoms with E-state index in [-0.39, 0.29) is 24.3 Å². The van der Waals surface area contributed by atoms with Crippen molar-refractivity contribution in [2.24, 2.45) is 11.8 Å². The summed E-state index contributed by atoms with van der Waals surface area (Å²) in [4.78, 5) is 35.4. The van der Waals surface area contributed by atoms with Gasteiger partial charge in [0.25, 0.3) is 0 Å². The van der Waals surface area contributed by atoms with E-state index in [4.69, 9.17) is 5.11 Å². The fourth-order valence-electron chi connectivity index (χ4n) is 2.59. The fourth-order valence-corrected chi connectivity index (χ4v) is 2.59. The first-order valence-corrected chi connectivity index (χ1v) is 8.36.